The molecule has 23 heavy (non-hydrogen) atoms. The monoisotopic (exact) mass is 341 g/mol. The van der Waals surface area contributed by atoms with E-state index in [9.17, 15) is 0 Å². The van der Waals surface area contributed by atoms with Crippen molar-refractivity contribution in [2.75, 3.05) is 0 Å². The Balaban J connectivity index is 1.86. The molecule has 1 aromatic carbocycles. The fourth-order valence-corrected chi connectivity index (χ4v) is 3.52. The van der Waals surface area contributed by atoms with Crippen molar-refractivity contribution in [2.24, 2.45) is 0 Å². The van der Waals surface area contributed by atoms with Gasteiger partial charge in [-0.3, -0.25) is 5.41 Å². The molecule has 4 aromatic rings. The Bertz CT molecular complexity index is 1030. The molecule has 0 radical (unpaired) electrons. The van der Waals surface area contributed by atoms with E-state index >= 15 is 0 Å². The minimum Gasteiger partial charge on any atom is -0.334 e. The zero-order valence-corrected chi connectivity index (χ0v) is 13.5. The van der Waals surface area contributed by atoms with Crippen LogP contribution >= 0.6 is 22.9 Å². The maximum atomic E-state index is 8.01. The van der Waals surface area contributed by atoms with Crippen LogP contribution in [0.5, 0.6) is 0 Å². The predicted octanol–water partition coefficient (Wildman–Crippen LogP) is 3.67. The molecule has 0 aliphatic rings. The first-order valence-corrected chi connectivity index (χ1v) is 8.25. The largest absolute Gasteiger partial charge is 0.334 e. The summed E-state index contributed by atoms with van der Waals surface area (Å²) in [5, 5.41) is 10.7. The third-order valence-corrected chi connectivity index (χ3v) is 4.94. The SMILES string of the molecule is N=c1ncn(Cc2sccc2Cl)c2nc(-c3ccccc3)[nH]c12. The lowest BCUT2D eigenvalue weighted by Gasteiger charge is -2.05. The average Bonchev–Trinajstić information content (AvgIpc) is 3.19. The molecule has 114 valence electrons. The smallest absolute Gasteiger partial charge is 0.173 e. The van der Waals surface area contributed by atoms with Gasteiger partial charge in [0.05, 0.1) is 17.9 Å². The van der Waals surface area contributed by atoms with Gasteiger partial charge in [-0.2, -0.15) is 0 Å². The third-order valence-electron chi connectivity index (χ3n) is 3.57. The van der Waals surface area contributed by atoms with E-state index in [4.69, 9.17) is 17.0 Å². The molecule has 0 spiro atoms. The van der Waals surface area contributed by atoms with Crippen LogP contribution in [0.15, 0.2) is 48.1 Å². The van der Waals surface area contributed by atoms with E-state index in [0.29, 0.717) is 17.7 Å². The summed E-state index contributed by atoms with van der Waals surface area (Å²) in [5.41, 5.74) is 2.49. The Hall–Kier alpha value is -2.44. The van der Waals surface area contributed by atoms with Gasteiger partial charge >= 0.3 is 0 Å². The van der Waals surface area contributed by atoms with Crippen molar-refractivity contribution >= 4 is 34.1 Å². The van der Waals surface area contributed by atoms with Crippen molar-refractivity contribution in [1.82, 2.24) is 19.5 Å². The molecular weight excluding hydrogens is 330 g/mol. The Morgan fingerprint density at radius 2 is 2.04 bits per heavy atom. The summed E-state index contributed by atoms with van der Waals surface area (Å²) in [5.74, 6) is 0.730. The van der Waals surface area contributed by atoms with E-state index in [-0.39, 0.29) is 5.49 Å². The number of hydrogen-bond acceptors (Lipinski definition) is 4. The van der Waals surface area contributed by atoms with E-state index in [0.717, 1.165) is 21.3 Å². The number of nitrogens with one attached hydrogen (secondary N) is 2. The van der Waals surface area contributed by atoms with Gasteiger partial charge in [-0.1, -0.05) is 41.9 Å². The summed E-state index contributed by atoms with van der Waals surface area (Å²) in [7, 11) is 0. The lowest BCUT2D eigenvalue weighted by atomic mass is 10.2. The molecule has 0 amide bonds. The Kier molecular flexibility index (Phi) is 3.48. The van der Waals surface area contributed by atoms with Gasteiger partial charge in [-0.25, -0.2) is 9.97 Å². The summed E-state index contributed by atoms with van der Waals surface area (Å²) in [6, 6.07) is 11.7. The highest BCUT2D eigenvalue weighted by Gasteiger charge is 2.12. The van der Waals surface area contributed by atoms with Crippen LogP contribution in [-0.2, 0) is 6.54 Å². The standard InChI is InChI=1S/C16H12ClN5S/c17-11-6-7-23-12(11)8-22-9-19-14(18)13-16(22)21-15(20-13)10-4-2-1-3-5-10/h1-7,9,18H,8H2,(H,20,21). The number of H-pyrrole nitrogens is 1. The molecular formula is C16H12ClN5S. The van der Waals surface area contributed by atoms with Gasteiger partial charge in [0.1, 0.15) is 11.3 Å². The van der Waals surface area contributed by atoms with Gasteiger partial charge in [-0.15, -0.1) is 11.3 Å². The maximum absolute atomic E-state index is 8.01. The molecule has 0 aliphatic carbocycles. The second-order valence-corrected chi connectivity index (χ2v) is 6.47. The van der Waals surface area contributed by atoms with E-state index in [1.165, 1.54) is 0 Å². The number of halogens is 1. The van der Waals surface area contributed by atoms with Gasteiger partial charge in [0, 0.05) is 10.4 Å². The van der Waals surface area contributed by atoms with E-state index in [1.54, 1.807) is 17.7 Å². The zero-order chi connectivity index (χ0) is 15.8. The van der Waals surface area contributed by atoms with Gasteiger partial charge in [0.25, 0.3) is 0 Å². The molecule has 3 aromatic heterocycles. The molecule has 0 atom stereocenters. The summed E-state index contributed by atoms with van der Waals surface area (Å²) in [4.78, 5) is 13.1. The van der Waals surface area contributed by atoms with Crippen molar-refractivity contribution in [3.63, 3.8) is 0 Å². The van der Waals surface area contributed by atoms with Crippen molar-refractivity contribution in [3.8, 4) is 11.4 Å². The van der Waals surface area contributed by atoms with E-state index in [1.807, 2.05) is 46.3 Å². The fourth-order valence-electron chi connectivity index (χ4n) is 2.42. The third kappa shape index (κ3) is 2.56. The number of aromatic nitrogens is 4. The summed E-state index contributed by atoms with van der Waals surface area (Å²) >= 11 is 7.78. The molecule has 4 rings (SSSR count). The molecule has 0 saturated heterocycles. The highest BCUT2D eigenvalue weighted by Crippen LogP contribution is 2.24. The first-order valence-electron chi connectivity index (χ1n) is 6.99. The topological polar surface area (TPSA) is 70.3 Å². The number of aromatic amines is 1. The van der Waals surface area contributed by atoms with Gasteiger partial charge in [0.15, 0.2) is 11.1 Å². The van der Waals surface area contributed by atoms with Crippen molar-refractivity contribution in [3.05, 3.63) is 63.5 Å². The van der Waals surface area contributed by atoms with Crippen LogP contribution in [0.3, 0.4) is 0 Å². The first kappa shape index (κ1) is 14.2. The van der Waals surface area contributed by atoms with Crippen molar-refractivity contribution in [1.29, 1.82) is 5.41 Å². The van der Waals surface area contributed by atoms with Gasteiger partial charge in [0.2, 0.25) is 0 Å². The Morgan fingerprint density at radius 3 is 2.78 bits per heavy atom. The van der Waals surface area contributed by atoms with Crippen molar-refractivity contribution < 1.29 is 0 Å². The molecule has 0 fully saturated rings. The molecule has 0 unspecified atom stereocenters. The molecule has 5 nitrogen and oxygen atoms in total. The van der Waals surface area contributed by atoms with Crippen LogP contribution in [0.1, 0.15) is 4.88 Å². The average molecular weight is 342 g/mol. The van der Waals surface area contributed by atoms with Crippen LogP contribution in [0.4, 0.5) is 0 Å². The second kappa shape index (κ2) is 5.64. The van der Waals surface area contributed by atoms with Crippen LogP contribution in [0.2, 0.25) is 5.02 Å². The fraction of sp³-hybridized carbons (Fsp3) is 0.0625. The highest BCUT2D eigenvalue weighted by atomic mass is 35.5. The zero-order valence-electron chi connectivity index (χ0n) is 12.0. The molecule has 0 saturated carbocycles. The minimum absolute atomic E-state index is 0.184. The quantitative estimate of drug-likeness (QED) is 0.597. The summed E-state index contributed by atoms with van der Waals surface area (Å²) in [6.45, 7) is 0.583. The lowest BCUT2D eigenvalue weighted by molar-refractivity contribution is 0.794. The maximum Gasteiger partial charge on any atom is 0.173 e. The highest BCUT2D eigenvalue weighted by molar-refractivity contribution is 7.10. The number of fused-ring (bicyclic) bond motifs is 1. The van der Waals surface area contributed by atoms with Crippen molar-refractivity contribution in [2.45, 2.75) is 6.54 Å². The van der Waals surface area contributed by atoms with Crippen LogP contribution in [0, 0.1) is 5.41 Å². The predicted molar refractivity (Wildman–Crippen MR) is 91.6 cm³/mol. The van der Waals surface area contributed by atoms with Gasteiger partial charge < -0.3 is 9.55 Å². The minimum atomic E-state index is 0.184. The number of benzene rings is 1. The molecule has 7 heteroatoms. The summed E-state index contributed by atoms with van der Waals surface area (Å²) in [6.07, 6.45) is 1.64. The van der Waals surface area contributed by atoms with E-state index < -0.39 is 0 Å². The van der Waals surface area contributed by atoms with Gasteiger partial charge in [-0.05, 0) is 11.4 Å². The molecule has 0 aliphatic heterocycles. The second-order valence-electron chi connectivity index (χ2n) is 5.06. The van der Waals surface area contributed by atoms with Crippen LogP contribution < -0.4 is 5.49 Å². The van der Waals surface area contributed by atoms with Crippen LogP contribution in [-0.4, -0.2) is 19.5 Å². The Labute approximate surface area is 140 Å². The molecule has 3 heterocycles. The van der Waals surface area contributed by atoms with E-state index in [2.05, 4.69) is 15.0 Å². The summed E-state index contributed by atoms with van der Waals surface area (Å²) < 4.78 is 1.91. The Morgan fingerprint density at radius 1 is 1.22 bits per heavy atom. The number of rotatable bonds is 3. The first-order chi connectivity index (χ1) is 11.2. The number of thiophene rings is 1. The molecule has 0 bridgehead atoms. The normalized spacial score (nSPS) is 11.2. The number of hydrogen-bond donors (Lipinski definition) is 2. The number of imidazole rings is 1. The lowest BCUT2D eigenvalue weighted by Crippen LogP contribution is -2.12. The molecule has 2 N–H and O–H groups in total. The number of nitrogens with zero attached hydrogens (tertiary/aromatic N) is 3. The van der Waals surface area contributed by atoms with Crippen LogP contribution in [0.25, 0.3) is 22.6 Å².